The van der Waals surface area contributed by atoms with E-state index in [-0.39, 0.29) is 11.5 Å². The number of thioether (sulfide) groups is 1. The summed E-state index contributed by atoms with van der Waals surface area (Å²) >= 11 is 1.25. The van der Waals surface area contributed by atoms with Crippen LogP contribution in [-0.2, 0) is 6.54 Å². The van der Waals surface area contributed by atoms with E-state index in [9.17, 15) is 4.79 Å². The summed E-state index contributed by atoms with van der Waals surface area (Å²) < 4.78 is 13.5. The number of ketones is 1. The molecule has 142 valence electrons. The molecule has 0 aliphatic heterocycles. The average molecular weight is 385 g/mol. The average Bonchev–Trinajstić information content (AvgIpc) is 3.25. The van der Waals surface area contributed by atoms with Crippen LogP contribution < -0.4 is 4.74 Å². The number of ether oxygens (including phenoxy) is 1. The molecule has 7 heteroatoms. The Hall–Kier alpha value is -2.54. The first-order chi connectivity index (χ1) is 13.0. The monoisotopic (exact) mass is 385 g/mol. The topological polar surface area (TPSA) is 70.2 Å². The molecule has 0 radical (unpaired) electrons. The van der Waals surface area contributed by atoms with Crippen LogP contribution >= 0.6 is 11.8 Å². The summed E-state index contributed by atoms with van der Waals surface area (Å²) in [6, 6.07) is 9.47. The summed E-state index contributed by atoms with van der Waals surface area (Å²) in [6.07, 6.45) is 0. The van der Waals surface area contributed by atoms with Gasteiger partial charge in [-0.2, -0.15) is 0 Å². The van der Waals surface area contributed by atoms with Crippen LogP contribution in [0.15, 0.2) is 40.0 Å². The van der Waals surface area contributed by atoms with Crippen LogP contribution in [0.3, 0.4) is 0 Å². The minimum absolute atomic E-state index is 0.0577. The molecular weight excluding hydrogens is 362 g/mol. The summed E-state index contributed by atoms with van der Waals surface area (Å²) in [4.78, 5) is 12.6. The first-order valence-electron chi connectivity index (χ1n) is 8.93. The molecule has 0 saturated heterocycles. The minimum atomic E-state index is 0.0577. The van der Waals surface area contributed by atoms with Gasteiger partial charge in [-0.25, -0.2) is 0 Å². The zero-order valence-electron chi connectivity index (χ0n) is 16.0. The molecule has 0 saturated carbocycles. The van der Waals surface area contributed by atoms with Crippen molar-refractivity contribution < 1.29 is 13.9 Å². The molecule has 1 aromatic carbocycles. The molecule has 0 atom stereocenters. The van der Waals surface area contributed by atoms with Gasteiger partial charge in [-0.1, -0.05) is 23.9 Å². The largest absolute Gasteiger partial charge is 0.493 e. The molecule has 6 nitrogen and oxygen atoms in total. The molecule has 27 heavy (non-hydrogen) atoms. The lowest BCUT2D eigenvalue weighted by atomic mass is 10.2. The van der Waals surface area contributed by atoms with Crippen LogP contribution in [0.2, 0.25) is 0 Å². The highest BCUT2D eigenvalue weighted by Crippen LogP contribution is 2.31. The molecule has 0 unspecified atom stereocenters. The van der Waals surface area contributed by atoms with Gasteiger partial charge in [0, 0.05) is 23.5 Å². The standard InChI is InChI=1S/C20H23N3O3S/c1-5-23-13(3)11-16(14(23)4)17(24)12-27-20-22-21-19(26-20)15-9-7-8-10-18(15)25-6-2/h7-11H,5-6,12H2,1-4H3. The number of Topliss-reactive ketones (excluding diaryl/α,β-unsaturated/α-hetero) is 1. The number of aromatic nitrogens is 3. The van der Waals surface area contributed by atoms with Gasteiger partial charge in [-0.15, -0.1) is 10.2 Å². The van der Waals surface area contributed by atoms with E-state index in [1.54, 1.807) is 0 Å². The van der Waals surface area contributed by atoms with E-state index < -0.39 is 0 Å². The molecule has 0 bridgehead atoms. The Bertz CT molecular complexity index is 946. The van der Waals surface area contributed by atoms with Crippen molar-refractivity contribution in [3.8, 4) is 17.2 Å². The second-order valence-electron chi connectivity index (χ2n) is 6.04. The van der Waals surface area contributed by atoms with Crippen molar-refractivity contribution >= 4 is 17.5 Å². The third-order valence-corrected chi connectivity index (χ3v) is 5.16. The Balaban J connectivity index is 1.71. The number of rotatable bonds is 8. The number of para-hydroxylation sites is 1. The van der Waals surface area contributed by atoms with Gasteiger partial charge in [0.2, 0.25) is 0 Å². The predicted molar refractivity (Wildman–Crippen MR) is 106 cm³/mol. The summed E-state index contributed by atoms with van der Waals surface area (Å²) in [5, 5.41) is 8.52. The number of benzene rings is 1. The predicted octanol–water partition coefficient (Wildman–Crippen LogP) is 4.55. The van der Waals surface area contributed by atoms with Crippen molar-refractivity contribution in [3.63, 3.8) is 0 Å². The van der Waals surface area contributed by atoms with Crippen molar-refractivity contribution in [1.82, 2.24) is 14.8 Å². The lowest BCUT2D eigenvalue weighted by Gasteiger charge is -2.06. The van der Waals surface area contributed by atoms with Crippen molar-refractivity contribution in [2.75, 3.05) is 12.4 Å². The second kappa shape index (κ2) is 8.43. The smallest absolute Gasteiger partial charge is 0.277 e. The molecule has 2 aromatic heterocycles. The highest BCUT2D eigenvalue weighted by molar-refractivity contribution is 7.99. The van der Waals surface area contributed by atoms with Crippen LogP contribution in [0.5, 0.6) is 5.75 Å². The number of aryl methyl sites for hydroxylation is 1. The van der Waals surface area contributed by atoms with Crippen molar-refractivity contribution in [2.45, 2.75) is 39.5 Å². The maximum atomic E-state index is 12.6. The Morgan fingerprint density at radius 3 is 2.70 bits per heavy atom. The molecule has 3 aromatic rings. The molecular formula is C20H23N3O3S. The van der Waals surface area contributed by atoms with Gasteiger partial charge in [0.05, 0.1) is 17.9 Å². The molecule has 0 aliphatic rings. The molecule has 0 aliphatic carbocycles. The van der Waals surface area contributed by atoms with Gasteiger partial charge in [0.1, 0.15) is 5.75 Å². The number of hydrogen-bond donors (Lipinski definition) is 0. The highest BCUT2D eigenvalue weighted by atomic mass is 32.2. The van der Waals surface area contributed by atoms with E-state index in [4.69, 9.17) is 9.15 Å². The molecule has 0 spiro atoms. The number of carbonyl (C=O) groups is 1. The summed E-state index contributed by atoms with van der Waals surface area (Å²) in [7, 11) is 0. The summed E-state index contributed by atoms with van der Waals surface area (Å²) in [5.74, 6) is 1.40. The number of nitrogens with zero attached hydrogens (tertiary/aromatic N) is 3. The Kier molecular flexibility index (Phi) is 6.01. The Morgan fingerprint density at radius 2 is 2.00 bits per heavy atom. The van der Waals surface area contributed by atoms with Crippen LogP contribution in [0.1, 0.15) is 35.6 Å². The van der Waals surface area contributed by atoms with Gasteiger partial charge in [0.25, 0.3) is 11.1 Å². The maximum Gasteiger partial charge on any atom is 0.277 e. The number of carbonyl (C=O) groups excluding carboxylic acids is 1. The normalized spacial score (nSPS) is 11.0. The molecule has 2 heterocycles. The van der Waals surface area contributed by atoms with Gasteiger partial charge in [-0.05, 0) is 45.9 Å². The van der Waals surface area contributed by atoms with E-state index in [1.165, 1.54) is 11.8 Å². The van der Waals surface area contributed by atoms with Gasteiger partial charge >= 0.3 is 0 Å². The third-order valence-electron chi connectivity index (χ3n) is 4.34. The second-order valence-corrected chi connectivity index (χ2v) is 6.97. The quantitative estimate of drug-likeness (QED) is 0.418. The van der Waals surface area contributed by atoms with Crippen LogP contribution in [0.25, 0.3) is 11.5 Å². The van der Waals surface area contributed by atoms with Crippen molar-refractivity contribution in [2.24, 2.45) is 0 Å². The third kappa shape index (κ3) is 4.08. The fourth-order valence-electron chi connectivity index (χ4n) is 3.08. The fourth-order valence-corrected chi connectivity index (χ4v) is 3.72. The lowest BCUT2D eigenvalue weighted by Crippen LogP contribution is -2.05. The van der Waals surface area contributed by atoms with Gasteiger partial charge < -0.3 is 13.7 Å². The van der Waals surface area contributed by atoms with Crippen molar-refractivity contribution in [1.29, 1.82) is 0 Å². The first-order valence-corrected chi connectivity index (χ1v) is 9.92. The van der Waals surface area contributed by atoms with Gasteiger partial charge in [0.15, 0.2) is 5.78 Å². The van der Waals surface area contributed by atoms with Crippen LogP contribution in [-0.4, -0.2) is 32.9 Å². The Labute approximate surface area is 162 Å². The van der Waals surface area contributed by atoms with E-state index in [2.05, 4.69) is 21.7 Å². The molecule has 0 amide bonds. The van der Waals surface area contributed by atoms with E-state index >= 15 is 0 Å². The van der Waals surface area contributed by atoms with Crippen LogP contribution in [0.4, 0.5) is 0 Å². The molecule has 0 fully saturated rings. The van der Waals surface area contributed by atoms with E-state index in [1.807, 2.05) is 51.1 Å². The van der Waals surface area contributed by atoms with Crippen molar-refractivity contribution in [3.05, 3.63) is 47.3 Å². The van der Waals surface area contributed by atoms with Crippen LogP contribution in [0, 0.1) is 13.8 Å². The van der Waals surface area contributed by atoms with Gasteiger partial charge in [-0.3, -0.25) is 4.79 Å². The first kappa shape index (κ1) is 19.2. The maximum absolute atomic E-state index is 12.6. The molecule has 0 N–H and O–H groups in total. The fraction of sp³-hybridized carbons (Fsp3) is 0.350. The van der Waals surface area contributed by atoms with E-state index in [0.717, 1.165) is 29.1 Å². The number of hydrogen-bond acceptors (Lipinski definition) is 6. The zero-order chi connectivity index (χ0) is 19.4. The zero-order valence-corrected chi connectivity index (χ0v) is 16.8. The Morgan fingerprint density at radius 1 is 1.22 bits per heavy atom. The summed E-state index contributed by atoms with van der Waals surface area (Å²) in [5.41, 5.74) is 3.59. The summed E-state index contributed by atoms with van der Waals surface area (Å²) in [6.45, 7) is 9.39. The molecule has 3 rings (SSSR count). The lowest BCUT2D eigenvalue weighted by molar-refractivity contribution is 0.102. The SMILES string of the molecule is CCOc1ccccc1-c1nnc(SCC(=O)c2cc(C)n(CC)c2C)o1. The minimum Gasteiger partial charge on any atom is -0.493 e. The van der Waals surface area contributed by atoms with E-state index in [0.29, 0.717) is 23.5 Å². The highest BCUT2D eigenvalue weighted by Gasteiger charge is 2.18.